The Morgan fingerprint density at radius 1 is 1.22 bits per heavy atom. The Labute approximate surface area is 137 Å². The Kier molecular flexibility index (Phi) is 4.33. The van der Waals surface area contributed by atoms with E-state index in [1.165, 1.54) is 0 Å². The molecular weight excluding hydrogens is 286 g/mol. The van der Waals surface area contributed by atoms with Gasteiger partial charge < -0.3 is 10.6 Å². The summed E-state index contributed by atoms with van der Waals surface area (Å²) in [4.78, 5) is 19.1. The van der Waals surface area contributed by atoms with Gasteiger partial charge in [-0.15, -0.1) is 0 Å². The van der Waals surface area contributed by atoms with Crippen molar-refractivity contribution in [2.24, 2.45) is 5.92 Å². The van der Waals surface area contributed by atoms with E-state index in [0.717, 1.165) is 48.4 Å². The van der Waals surface area contributed by atoms with Crippen LogP contribution in [-0.4, -0.2) is 28.9 Å². The Balaban J connectivity index is 1.84. The van der Waals surface area contributed by atoms with Gasteiger partial charge in [0.25, 0.3) is 5.91 Å². The molecule has 0 spiro atoms. The summed E-state index contributed by atoms with van der Waals surface area (Å²) < 4.78 is 0. The molecule has 0 bridgehead atoms. The second-order valence-corrected chi connectivity index (χ2v) is 6.45. The number of hydrogen-bond acceptors (Lipinski definition) is 3. The lowest BCUT2D eigenvalue weighted by Crippen LogP contribution is -2.38. The summed E-state index contributed by atoms with van der Waals surface area (Å²) in [6.07, 6.45) is 2.14. The van der Waals surface area contributed by atoms with Crippen molar-refractivity contribution >= 4 is 11.6 Å². The highest BCUT2D eigenvalue weighted by molar-refractivity contribution is 5.93. The normalized spacial score (nSPS) is 15.7. The molecule has 0 radical (unpaired) electrons. The summed E-state index contributed by atoms with van der Waals surface area (Å²) in [7, 11) is 0. The summed E-state index contributed by atoms with van der Waals surface area (Å²) in [6, 6.07) is 11.5. The molecule has 1 aromatic carbocycles. The van der Waals surface area contributed by atoms with Gasteiger partial charge in [0, 0.05) is 24.3 Å². The number of anilines is 1. The third kappa shape index (κ3) is 3.36. The number of carbonyl (C=O) groups is 1. The van der Waals surface area contributed by atoms with Gasteiger partial charge in [0.15, 0.2) is 0 Å². The highest BCUT2D eigenvalue weighted by Gasteiger charge is 2.22. The lowest BCUT2D eigenvalue weighted by Gasteiger charge is -2.30. The number of nitrogens with zero attached hydrogens (tertiary/aromatic N) is 2. The zero-order valence-electron chi connectivity index (χ0n) is 13.7. The first-order valence-electron chi connectivity index (χ1n) is 8.17. The topological polar surface area (TPSA) is 59.2 Å². The lowest BCUT2D eigenvalue weighted by atomic mass is 9.99. The second kappa shape index (κ2) is 6.41. The molecule has 2 N–H and O–H groups in total. The van der Waals surface area contributed by atoms with E-state index in [1.54, 1.807) is 6.07 Å². The van der Waals surface area contributed by atoms with Crippen molar-refractivity contribution < 1.29 is 4.79 Å². The molecule has 1 saturated heterocycles. The zero-order chi connectivity index (χ0) is 16.4. The summed E-state index contributed by atoms with van der Waals surface area (Å²) in [6.45, 7) is 5.86. The number of nitrogen functional groups attached to an aromatic ring is 1. The number of likely N-dealkylation sites (tertiary alicyclic amines) is 1. The first-order valence-corrected chi connectivity index (χ1v) is 8.17. The molecule has 23 heavy (non-hydrogen) atoms. The van der Waals surface area contributed by atoms with Crippen LogP contribution in [0.5, 0.6) is 0 Å². The van der Waals surface area contributed by atoms with Crippen LogP contribution in [0.25, 0.3) is 11.3 Å². The van der Waals surface area contributed by atoms with E-state index < -0.39 is 0 Å². The van der Waals surface area contributed by atoms with Gasteiger partial charge in [-0.3, -0.25) is 4.79 Å². The van der Waals surface area contributed by atoms with Crippen molar-refractivity contribution in [2.45, 2.75) is 26.7 Å². The highest BCUT2D eigenvalue weighted by Crippen LogP contribution is 2.23. The van der Waals surface area contributed by atoms with Crippen LogP contribution in [0, 0.1) is 12.8 Å². The van der Waals surface area contributed by atoms with Gasteiger partial charge in [-0.2, -0.15) is 0 Å². The standard InChI is InChI=1S/C19H23N3O/c1-13-8-10-22(11-9-13)19(23)18-5-3-4-17(21-18)15-7-6-14(2)16(20)12-15/h3-7,12-13H,8-11,20H2,1-2H3. The minimum absolute atomic E-state index is 0.0267. The molecule has 3 rings (SSSR count). The first kappa shape index (κ1) is 15.5. The number of benzene rings is 1. The number of pyridine rings is 1. The number of rotatable bonds is 2. The van der Waals surface area contributed by atoms with Crippen molar-refractivity contribution in [2.75, 3.05) is 18.8 Å². The second-order valence-electron chi connectivity index (χ2n) is 6.45. The van der Waals surface area contributed by atoms with Crippen molar-refractivity contribution in [1.29, 1.82) is 0 Å². The monoisotopic (exact) mass is 309 g/mol. The third-order valence-corrected chi connectivity index (χ3v) is 4.61. The largest absolute Gasteiger partial charge is 0.398 e. The van der Waals surface area contributed by atoms with Gasteiger partial charge >= 0.3 is 0 Å². The van der Waals surface area contributed by atoms with Gasteiger partial charge in [0.2, 0.25) is 0 Å². The molecule has 0 saturated carbocycles. The van der Waals surface area contributed by atoms with Crippen molar-refractivity contribution in [3.05, 3.63) is 47.7 Å². The number of nitrogens with two attached hydrogens (primary N) is 1. The van der Waals surface area contributed by atoms with E-state index in [1.807, 2.05) is 42.2 Å². The fourth-order valence-corrected chi connectivity index (χ4v) is 2.89. The molecule has 2 aromatic rings. The molecule has 0 atom stereocenters. The van der Waals surface area contributed by atoms with E-state index >= 15 is 0 Å². The molecular formula is C19H23N3O. The maximum absolute atomic E-state index is 12.6. The van der Waals surface area contributed by atoms with Crippen LogP contribution in [0.15, 0.2) is 36.4 Å². The van der Waals surface area contributed by atoms with Crippen molar-refractivity contribution in [1.82, 2.24) is 9.88 Å². The number of aromatic nitrogens is 1. The Hall–Kier alpha value is -2.36. The van der Waals surface area contributed by atoms with Crippen LogP contribution in [0.4, 0.5) is 5.69 Å². The van der Waals surface area contributed by atoms with Gasteiger partial charge in [-0.05, 0) is 49.4 Å². The van der Waals surface area contributed by atoms with Crippen molar-refractivity contribution in [3.8, 4) is 11.3 Å². The number of carbonyl (C=O) groups excluding carboxylic acids is 1. The molecule has 0 aliphatic carbocycles. The number of amides is 1. The maximum atomic E-state index is 12.6. The van der Waals surface area contributed by atoms with Crippen LogP contribution >= 0.6 is 0 Å². The minimum atomic E-state index is 0.0267. The molecule has 2 heterocycles. The maximum Gasteiger partial charge on any atom is 0.272 e. The smallest absolute Gasteiger partial charge is 0.272 e. The molecule has 1 fully saturated rings. The van der Waals surface area contributed by atoms with E-state index in [9.17, 15) is 4.79 Å². The van der Waals surface area contributed by atoms with Crippen molar-refractivity contribution in [3.63, 3.8) is 0 Å². The summed E-state index contributed by atoms with van der Waals surface area (Å²) >= 11 is 0. The Morgan fingerprint density at radius 2 is 1.96 bits per heavy atom. The van der Waals surface area contributed by atoms with E-state index in [2.05, 4.69) is 11.9 Å². The minimum Gasteiger partial charge on any atom is -0.398 e. The van der Waals surface area contributed by atoms with E-state index in [4.69, 9.17) is 5.73 Å². The third-order valence-electron chi connectivity index (χ3n) is 4.61. The van der Waals surface area contributed by atoms with Gasteiger partial charge in [0.1, 0.15) is 5.69 Å². The average Bonchev–Trinajstić information content (AvgIpc) is 2.57. The lowest BCUT2D eigenvalue weighted by molar-refractivity contribution is 0.0691. The SMILES string of the molecule is Cc1ccc(-c2cccc(C(=O)N3CCC(C)CC3)n2)cc1N. The number of piperidine rings is 1. The predicted octanol–water partition coefficient (Wildman–Crippen LogP) is 3.51. The van der Waals surface area contributed by atoms with Gasteiger partial charge in [-0.1, -0.05) is 25.1 Å². The fourth-order valence-electron chi connectivity index (χ4n) is 2.89. The van der Waals surface area contributed by atoms with Gasteiger partial charge in [0.05, 0.1) is 5.69 Å². The average molecular weight is 309 g/mol. The quantitative estimate of drug-likeness (QED) is 0.864. The molecule has 4 nitrogen and oxygen atoms in total. The van der Waals surface area contributed by atoms with Crippen LogP contribution in [0.2, 0.25) is 0 Å². The van der Waals surface area contributed by atoms with E-state index in [0.29, 0.717) is 11.6 Å². The molecule has 1 aliphatic heterocycles. The molecule has 120 valence electrons. The molecule has 1 aliphatic rings. The number of aryl methyl sites for hydroxylation is 1. The van der Waals surface area contributed by atoms with Crippen LogP contribution in [0.1, 0.15) is 35.8 Å². The Morgan fingerprint density at radius 3 is 2.65 bits per heavy atom. The summed E-state index contributed by atoms with van der Waals surface area (Å²) in [5.41, 5.74) is 10.0. The summed E-state index contributed by atoms with van der Waals surface area (Å²) in [5, 5.41) is 0. The van der Waals surface area contributed by atoms with E-state index in [-0.39, 0.29) is 5.91 Å². The molecule has 4 heteroatoms. The highest BCUT2D eigenvalue weighted by atomic mass is 16.2. The number of hydrogen-bond donors (Lipinski definition) is 1. The molecule has 1 aromatic heterocycles. The molecule has 0 unspecified atom stereocenters. The summed E-state index contributed by atoms with van der Waals surface area (Å²) in [5.74, 6) is 0.729. The fraction of sp³-hybridized carbons (Fsp3) is 0.368. The van der Waals surface area contributed by atoms with Crippen LogP contribution in [0.3, 0.4) is 0 Å². The van der Waals surface area contributed by atoms with Gasteiger partial charge in [-0.25, -0.2) is 4.98 Å². The Bertz CT molecular complexity index is 718. The van der Waals surface area contributed by atoms with Crippen LogP contribution < -0.4 is 5.73 Å². The molecule has 1 amide bonds. The predicted molar refractivity (Wildman–Crippen MR) is 93.1 cm³/mol. The zero-order valence-corrected chi connectivity index (χ0v) is 13.7. The van der Waals surface area contributed by atoms with Crippen LogP contribution in [-0.2, 0) is 0 Å². The first-order chi connectivity index (χ1) is 11.0.